The normalized spacial score (nSPS) is 10.6. The van der Waals surface area contributed by atoms with E-state index in [-0.39, 0.29) is 12.3 Å². The van der Waals surface area contributed by atoms with Crippen LogP contribution in [0.3, 0.4) is 0 Å². The molecular weight excluding hydrogens is 414 g/mol. The molecule has 3 aromatic heterocycles. The van der Waals surface area contributed by atoms with E-state index in [0.717, 1.165) is 21.4 Å². The van der Waals surface area contributed by atoms with E-state index in [1.807, 2.05) is 48.5 Å². The van der Waals surface area contributed by atoms with Crippen LogP contribution in [0.25, 0.3) is 11.4 Å². The Labute approximate surface area is 183 Å². The number of anilines is 1. The molecule has 0 fully saturated rings. The molecule has 0 atom stereocenters. The summed E-state index contributed by atoms with van der Waals surface area (Å²) in [6.45, 7) is 0. The highest BCUT2D eigenvalue weighted by molar-refractivity contribution is 7.99. The molecule has 0 aliphatic heterocycles. The summed E-state index contributed by atoms with van der Waals surface area (Å²) in [6, 6.07) is 16.6. The maximum absolute atomic E-state index is 12.3. The van der Waals surface area contributed by atoms with Crippen LogP contribution in [0, 0.1) is 0 Å². The van der Waals surface area contributed by atoms with Gasteiger partial charge in [0.1, 0.15) is 15.8 Å². The smallest absolute Gasteiger partial charge is 0.227 e. The highest BCUT2D eigenvalue weighted by atomic mass is 32.2. The van der Waals surface area contributed by atoms with Gasteiger partial charge in [0.25, 0.3) is 0 Å². The van der Waals surface area contributed by atoms with Crippen molar-refractivity contribution in [3.05, 3.63) is 72.9 Å². The third-order valence-corrected chi connectivity index (χ3v) is 5.13. The van der Waals surface area contributed by atoms with Gasteiger partial charge in [-0.05, 0) is 48.5 Å². The zero-order valence-corrected chi connectivity index (χ0v) is 17.5. The van der Waals surface area contributed by atoms with Crippen LogP contribution in [0.5, 0.6) is 5.75 Å². The Morgan fingerprint density at radius 3 is 2.68 bits per heavy atom. The van der Waals surface area contributed by atoms with Gasteiger partial charge in [0, 0.05) is 36.5 Å². The molecule has 0 bridgehead atoms. The molecule has 156 valence electrons. The van der Waals surface area contributed by atoms with Crippen molar-refractivity contribution >= 4 is 23.4 Å². The van der Waals surface area contributed by atoms with Crippen LogP contribution < -0.4 is 10.1 Å². The molecular formula is C22H19N5O3S. The minimum absolute atomic E-state index is 0.149. The van der Waals surface area contributed by atoms with E-state index in [9.17, 15) is 4.79 Å². The van der Waals surface area contributed by atoms with E-state index in [0.29, 0.717) is 23.8 Å². The van der Waals surface area contributed by atoms with Crippen molar-refractivity contribution in [1.29, 1.82) is 0 Å². The van der Waals surface area contributed by atoms with Crippen LogP contribution in [0.2, 0.25) is 0 Å². The third kappa shape index (κ3) is 5.67. The second-order valence-electron chi connectivity index (χ2n) is 6.44. The van der Waals surface area contributed by atoms with Gasteiger partial charge in [-0.2, -0.15) is 4.98 Å². The van der Waals surface area contributed by atoms with Gasteiger partial charge in [-0.1, -0.05) is 23.0 Å². The molecule has 0 saturated heterocycles. The van der Waals surface area contributed by atoms with E-state index < -0.39 is 0 Å². The number of carbonyl (C=O) groups is 1. The van der Waals surface area contributed by atoms with Gasteiger partial charge in [-0.25, -0.2) is 9.97 Å². The van der Waals surface area contributed by atoms with Gasteiger partial charge >= 0.3 is 0 Å². The van der Waals surface area contributed by atoms with Gasteiger partial charge in [0.05, 0.1) is 7.11 Å². The molecule has 0 spiro atoms. The van der Waals surface area contributed by atoms with Gasteiger partial charge in [-0.3, -0.25) is 4.79 Å². The molecule has 3 heterocycles. The van der Waals surface area contributed by atoms with Crippen molar-refractivity contribution in [2.45, 2.75) is 22.9 Å². The summed E-state index contributed by atoms with van der Waals surface area (Å²) >= 11 is 1.43. The summed E-state index contributed by atoms with van der Waals surface area (Å²) in [5, 5.41) is 8.44. The Morgan fingerprint density at radius 2 is 1.90 bits per heavy atom. The Balaban J connectivity index is 1.31. The Morgan fingerprint density at radius 1 is 1.06 bits per heavy atom. The van der Waals surface area contributed by atoms with Crippen LogP contribution in [-0.4, -0.2) is 33.1 Å². The molecule has 31 heavy (non-hydrogen) atoms. The number of methoxy groups -OCH3 is 1. The number of rotatable bonds is 8. The molecule has 1 aromatic carbocycles. The maximum atomic E-state index is 12.3. The summed E-state index contributed by atoms with van der Waals surface area (Å²) in [5.74, 6) is 1.48. The molecule has 4 rings (SSSR count). The van der Waals surface area contributed by atoms with Crippen molar-refractivity contribution in [2.75, 3.05) is 12.4 Å². The van der Waals surface area contributed by atoms with E-state index >= 15 is 0 Å². The summed E-state index contributed by atoms with van der Waals surface area (Å²) < 4.78 is 10.4. The van der Waals surface area contributed by atoms with Gasteiger partial charge in [0.15, 0.2) is 0 Å². The van der Waals surface area contributed by atoms with Gasteiger partial charge < -0.3 is 14.6 Å². The predicted molar refractivity (Wildman–Crippen MR) is 116 cm³/mol. The Bertz CT molecular complexity index is 1150. The first kappa shape index (κ1) is 20.5. The minimum Gasteiger partial charge on any atom is -0.497 e. The monoisotopic (exact) mass is 433 g/mol. The van der Waals surface area contributed by atoms with Crippen molar-refractivity contribution < 1.29 is 14.1 Å². The van der Waals surface area contributed by atoms with Crippen molar-refractivity contribution in [2.24, 2.45) is 0 Å². The number of hydrogen-bond donors (Lipinski definition) is 1. The Hall–Kier alpha value is -3.72. The highest BCUT2D eigenvalue weighted by Gasteiger charge is 2.11. The van der Waals surface area contributed by atoms with Crippen molar-refractivity contribution in [1.82, 2.24) is 20.1 Å². The number of benzene rings is 1. The fourth-order valence-corrected chi connectivity index (χ4v) is 3.49. The number of hydrogen-bond acceptors (Lipinski definition) is 8. The quantitative estimate of drug-likeness (QED) is 0.440. The molecule has 1 N–H and O–H groups in total. The molecule has 0 radical (unpaired) electrons. The third-order valence-electron chi connectivity index (χ3n) is 4.25. The largest absolute Gasteiger partial charge is 0.497 e. The lowest BCUT2D eigenvalue weighted by atomic mass is 10.2. The number of aromatic nitrogens is 4. The molecule has 8 nitrogen and oxygen atoms in total. The van der Waals surface area contributed by atoms with E-state index in [1.54, 1.807) is 25.6 Å². The molecule has 9 heteroatoms. The zero-order chi connectivity index (χ0) is 21.5. The Kier molecular flexibility index (Phi) is 6.53. The van der Waals surface area contributed by atoms with E-state index in [1.165, 1.54) is 11.8 Å². The number of carbonyl (C=O) groups excluding carboxylic acids is 1. The topological polar surface area (TPSA) is 103 Å². The molecule has 4 aromatic rings. The molecule has 0 aliphatic rings. The second kappa shape index (κ2) is 9.86. The maximum Gasteiger partial charge on any atom is 0.227 e. The first-order chi connectivity index (χ1) is 15.2. The molecule has 0 aliphatic carbocycles. The lowest BCUT2D eigenvalue weighted by molar-refractivity contribution is -0.116. The average molecular weight is 433 g/mol. The first-order valence-corrected chi connectivity index (χ1v) is 10.3. The lowest BCUT2D eigenvalue weighted by Crippen LogP contribution is -2.12. The van der Waals surface area contributed by atoms with Crippen LogP contribution in [0.15, 0.2) is 81.6 Å². The fourth-order valence-electron chi connectivity index (χ4n) is 2.72. The van der Waals surface area contributed by atoms with Crippen molar-refractivity contribution in [3.8, 4) is 17.1 Å². The number of amides is 1. The number of pyridine rings is 2. The summed E-state index contributed by atoms with van der Waals surface area (Å²) in [4.78, 5) is 25.3. The average Bonchev–Trinajstić information content (AvgIpc) is 3.28. The minimum atomic E-state index is -0.149. The van der Waals surface area contributed by atoms with Crippen LogP contribution in [-0.2, 0) is 11.2 Å². The second-order valence-corrected chi connectivity index (χ2v) is 7.48. The standard InChI is InChI=1S/C22H19N5O3S/c1-29-17-7-5-15(6-8-17)22-26-19(30-27-22)10-9-18(28)25-16-11-13-24-21(14-16)31-20-4-2-3-12-23-20/h2-8,11-14H,9-10H2,1H3,(H,24,25,28). The highest BCUT2D eigenvalue weighted by Crippen LogP contribution is 2.25. The number of aryl methyl sites for hydroxylation is 1. The van der Waals surface area contributed by atoms with E-state index in [2.05, 4.69) is 25.4 Å². The van der Waals surface area contributed by atoms with Crippen LogP contribution >= 0.6 is 11.8 Å². The molecule has 0 saturated carbocycles. The van der Waals surface area contributed by atoms with Gasteiger partial charge in [0.2, 0.25) is 17.6 Å². The fraction of sp³-hybridized carbons (Fsp3) is 0.136. The number of nitrogens with one attached hydrogen (secondary N) is 1. The zero-order valence-electron chi connectivity index (χ0n) is 16.7. The van der Waals surface area contributed by atoms with Crippen LogP contribution in [0.1, 0.15) is 12.3 Å². The summed E-state index contributed by atoms with van der Waals surface area (Å²) in [7, 11) is 1.61. The SMILES string of the molecule is COc1ccc(-c2noc(CCC(=O)Nc3ccnc(Sc4ccccn4)c3)n2)cc1. The first-order valence-electron chi connectivity index (χ1n) is 9.51. The van der Waals surface area contributed by atoms with Crippen LogP contribution in [0.4, 0.5) is 5.69 Å². The summed E-state index contributed by atoms with van der Waals surface area (Å²) in [6.07, 6.45) is 3.94. The lowest BCUT2D eigenvalue weighted by Gasteiger charge is -2.06. The van der Waals surface area contributed by atoms with Gasteiger partial charge in [-0.15, -0.1) is 0 Å². The molecule has 0 unspecified atom stereocenters. The van der Waals surface area contributed by atoms with Crippen molar-refractivity contribution in [3.63, 3.8) is 0 Å². The number of ether oxygens (including phenoxy) is 1. The predicted octanol–water partition coefficient (Wildman–Crippen LogP) is 4.26. The summed E-state index contributed by atoms with van der Waals surface area (Å²) in [5.41, 5.74) is 1.48. The molecule has 1 amide bonds. The van der Waals surface area contributed by atoms with E-state index in [4.69, 9.17) is 9.26 Å². The number of nitrogens with zero attached hydrogens (tertiary/aromatic N) is 4.